The molecule has 7 nitrogen and oxygen atoms in total. The highest BCUT2D eigenvalue weighted by Gasteiger charge is 2.50. The lowest BCUT2D eigenvalue weighted by Crippen LogP contribution is -2.57. The number of halogens is 3. The molecular formula is C35H36ClF2N3O4S. The largest absolute Gasteiger partial charge is 0.490 e. The number of carbonyl (C=O) groups is 1. The van der Waals surface area contributed by atoms with Crippen LogP contribution in [-0.4, -0.2) is 50.5 Å². The highest BCUT2D eigenvalue weighted by molar-refractivity contribution is 7.89. The van der Waals surface area contributed by atoms with Gasteiger partial charge in [0.15, 0.2) is 6.04 Å². The summed E-state index contributed by atoms with van der Waals surface area (Å²) in [4.78, 5) is 14.7. The molecule has 1 heterocycles. The summed E-state index contributed by atoms with van der Waals surface area (Å²) < 4.78 is 68.3. The number of nitrogens with one attached hydrogen (secondary N) is 1. The first kappa shape index (κ1) is 32.4. The Morgan fingerprint density at radius 1 is 0.870 bits per heavy atom. The summed E-state index contributed by atoms with van der Waals surface area (Å²) in [6.07, 6.45) is 5.31. The van der Waals surface area contributed by atoms with Crippen LogP contribution < -0.4 is 15.2 Å². The molecule has 1 aliphatic carbocycles. The Morgan fingerprint density at radius 3 is 2.11 bits per heavy atom. The number of piperidine rings is 1. The molecule has 0 spiro atoms. The second kappa shape index (κ2) is 13.3. The molecule has 242 valence electrons. The lowest BCUT2D eigenvalue weighted by atomic mass is 9.96. The maximum absolute atomic E-state index is 16.4. The number of benzene rings is 4. The van der Waals surface area contributed by atoms with Crippen molar-refractivity contribution in [3.05, 3.63) is 95.5 Å². The molecular weight excluding hydrogens is 632 g/mol. The Hall–Kier alpha value is -3.57. The molecule has 1 atom stereocenters. The van der Waals surface area contributed by atoms with Crippen molar-refractivity contribution in [2.75, 3.05) is 13.1 Å². The third-order valence-electron chi connectivity index (χ3n) is 8.88. The van der Waals surface area contributed by atoms with Gasteiger partial charge in [-0.25, -0.2) is 8.42 Å². The van der Waals surface area contributed by atoms with Gasteiger partial charge in [-0.2, -0.15) is 13.5 Å². The SMILES string of the molecule is NC1CCN(C(=O)[C@@H](NS(=O)(=O)c2ccc3cc(OC4CCCC4)ccc3c2)C(F)(F)c2ccc(-c3ccc(Cl)cc3)cc2)CC1. The lowest BCUT2D eigenvalue weighted by molar-refractivity contribution is -0.145. The molecule has 4 aromatic carbocycles. The summed E-state index contributed by atoms with van der Waals surface area (Å²) in [5.74, 6) is -4.19. The Labute approximate surface area is 272 Å². The Bertz CT molecular complexity index is 1810. The van der Waals surface area contributed by atoms with E-state index in [1.165, 1.54) is 41.3 Å². The van der Waals surface area contributed by atoms with Gasteiger partial charge < -0.3 is 15.4 Å². The fraction of sp³-hybridized carbons (Fsp3) is 0.343. The molecule has 1 saturated heterocycles. The number of alkyl halides is 2. The monoisotopic (exact) mass is 667 g/mol. The van der Waals surface area contributed by atoms with Crippen LogP contribution in [0.15, 0.2) is 89.8 Å². The topological polar surface area (TPSA) is 102 Å². The van der Waals surface area contributed by atoms with Crippen LogP contribution in [0.5, 0.6) is 5.75 Å². The number of nitrogens with zero attached hydrogens (tertiary/aromatic N) is 1. The number of rotatable bonds is 9. The van der Waals surface area contributed by atoms with E-state index < -0.39 is 33.5 Å². The van der Waals surface area contributed by atoms with Crippen molar-refractivity contribution >= 4 is 38.3 Å². The predicted molar refractivity (Wildman–Crippen MR) is 176 cm³/mol. The molecule has 0 radical (unpaired) electrons. The normalized spacial score (nSPS) is 17.3. The third kappa shape index (κ3) is 7.05. The van der Waals surface area contributed by atoms with Gasteiger partial charge in [0.05, 0.1) is 11.0 Å². The first-order valence-corrected chi connectivity index (χ1v) is 17.4. The second-order valence-electron chi connectivity index (χ2n) is 12.1. The van der Waals surface area contributed by atoms with Crippen molar-refractivity contribution in [1.29, 1.82) is 0 Å². The van der Waals surface area contributed by atoms with Crippen molar-refractivity contribution in [3.8, 4) is 16.9 Å². The first-order chi connectivity index (χ1) is 22.0. The second-order valence-corrected chi connectivity index (χ2v) is 14.3. The van der Waals surface area contributed by atoms with Crippen molar-refractivity contribution < 1.29 is 26.7 Å². The number of likely N-dealkylation sites (tertiary alicyclic amines) is 1. The van der Waals surface area contributed by atoms with Crippen molar-refractivity contribution in [1.82, 2.24) is 9.62 Å². The van der Waals surface area contributed by atoms with Crippen LogP contribution in [0.25, 0.3) is 21.9 Å². The van der Waals surface area contributed by atoms with Crippen molar-refractivity contribution in [3.63, 3.8) is 0 Å². The van der Waals surface area contributed by atoms with Gasteiger partial charge >= 0.3 is 0 Å². The molecule has 3 N–H and O–H groups in total. The van der Waals surface area contributed by atoms with Crippen LogP contribution in [0, 0.1) is 0 Å². The zero-order valence-corrected chi connectivity index (χ0v) is 26.7. The predicted octanol–water partition coefficient (Wildman–Crippen LogP) is 6.87. The Morgan fingerprint density at radius 2 is 1.46 bits per heavy atom. The minimum Gasteiger partial charge on any atom is -0.490 e. The van der Waals surface area contributed by atoms with Crippen LogP contribution in [0.3, 0.4) is 0 Å². The molecule has 46 heavy (non-hydrogen) atoms. The van der Waals surface area contributed by atoms with E-state index in [2.05, 4.69) is 4.72 Å². The summed E-state index contributed by atoms with van der Waals surface area (Å²) in [6, 6.07) is 19.6. The number of amides is 1. The van der Waals surface area contributed by atoms with Gasteiger partial charge in [0.1, 0.15) is 5.75 Å². The van der Waals surface area contributed by atoms with Crippen LogP contribution in [-0.2, 0) is 20.7 Å². The van der Waals surface area contributed by atoms with E-state index in [9.17, 15) is 13.2 Å². The van der Waals surface area contributed by atoms with E-state index in [1.54, 1.807) is 42.5 Å². The van der Waals surface area contributed by atoms with Crippen LogP contribution in [0.1, 0.15) is 44.1 Å². The molecule has 4 aromatic rings. The minimum absolute atomic E-state index is 0.151. The fourth-order valence-electron chi connectivity index (χ4n) is 6.14. The standard InChI is InChI=1S/C35H36ClF2N3O4S/c36-28-13-7-24(8-14-28)23-5-11-27(12-6-23)35(37,38)33(34(42)41-19-17-29(39)18-20-41)40-46(43,44)32-16-10-25-21-31(15-9-26(25)22-32)45-30-3-1-2-4-30/h5-16,21-22,29-30,33,40H,1-4,17-20,39H2/t33-/m1/s1. The molecule has 0 unspecified atom stereocenters. The van der Waals surface area contributed by atoms with Gasteiger partial charge in [-0.3, -0.25) is 4.79 Å². The van der Waals surface area contributed by atoms with E-state index in [4.69, 9.17) is 22.1 Å². The Balaban J connectivity index is 1.29. The van der Waals surface area contributed by atoms with Gasteiger partial charge in [-0.15, -0.1) is 0 Å². The molecule has 1 saturated carbocycles. The quantitative estimate of drug-likeness (QED) is 0.203. The van der Waals surface area contributed by atoms with E-state index in [-0.39, 0.29) is 30.1 Å². The van der Waals surface area contributed by atoms with Gasteiger partial charge in [0.2, 0.25) is 15.9 Å². The van der Waals surface area contributed by atoms with Gasteiger partial charge in [-0.1, -0.05) is 60.1 Å². The van der Waals surface area contributed by atoms with Crippen molar-refractivity contribution in [2.24, 2.45) is 5.73 Å². The number of hydrogen-bond donors (Lipinski definition) is 2. The molecule has 11 heteroatoms. The average Bonchev–Trinajstić information content (AvgIpc) is 3.57. The van der Waals surface area contributed by atoms with Crippen molar-refractivity contribution in [2.45, 2.75) is 67.5 Å². The van der Waals surface area contributed by atoms with Gasteiger partial charge in [-0.05, 0) is 96.8 Å². The summed E-state index contributed by atoms with van der Waals surface area (Å²) in [5, 5.41) is 1.89. The number of fused-ring (bicyclic) bond motifs is 1. The zero-order valence-electron chi connectivity index (χ0n) is 25.2. The third-order valence-corrected chi connectivity index (χ3v) is 10.6. The van der Waals surface area contributed by atoms with E-state index in [0.29, 0.717) is 34.6 Å². The maximum Gasteiger partial charge on any atom is 0.298 e. The molecule has 1 aliphatic heterocycles. The molecule has 2 aliphatic rings. The number of nitrogens with two attached hydrogens (primary N) is 1. The molecule has 0 aromatic heterocycles. The summed E-state index contributed by atoms with van der Waals surface area (Å²) in [6.45, 7) is 0.316. The first-order valence-electron chi connectivity index (χ1n) is 15.5. The van der Waals surface area contributed by atoms with E-state index in [0.717, 1.165) is 36.6 Å². The van der Waals surface area contributed by atoms with Crippen LogP contribution in [0.4, 0.5) is 8.78 Å². The highest BCUT2D eigenvalue weighted by Crippen LogP contribution is 2.36. The number of sulfonamides is 1. The Kier molecular flexibility index (Phi) is 9.34. The number of carbonyl (C=O) groups excluding carboxylic acids is 1. The van der Waals surface area contributed by atoms with Crippen LogP contribution >= 0.6 is 11.6 Å². The molecule has 6 rings (SSSR count). The van der Waals surface area contributed by atoms with E-state index in [1.807, 2.05) is 6.07 Å². The lowest BCUT2D eigenvalue weighted by Gasteiger charge is -2.35. The number of ether oxygens (including phenoxy) is 1. The molecule has 0 bridgehead atoms. The zero-order chi connectivity index (χ0) is 32.5. The summed E-state index contributed by atoms with van der Waals surface area (Å²) >= 11 is 5.98. The smallest absolute Gasteiger partial charge is 0.298 e. The summed E-state index contributed by atoms with van der Waals surface area (Å²) in [7, 11) is -4.57. The van der Waals surface area contributed by atoms with Crippen LogP contribution in [0.2, 0.25) is 5.02 Å². The van der Waals surface area contributed by atoms with Gasteiger partial charge in [0, 0.05) is 29.7 Å². The number of hydrogen-bond acceptors (Lipinski definition) is 5. The summed E-state index contributed by atoms with van der Waals surface area (Å²) in [5.41, 5.74) is 6.92. The van der Waals surface area contributed by atoms with E-state index >= 15 is 8.78 Å². The molecule has 1 amide bonds. The fourth-order valence-corrected chi connectivity index (χ4v) is 7.49. The minimum atomic E-state index is -4.57. The highest BCUT2D eigenvalue weighted by atomic mass is 35.5. The maximum atomic E-state index is 16.4. The molecule has 2 fully saturated rings. The average molecular weight is 668 g/mol. The van der Waals surface area contributed by atoms with Gasteiger partial charge in [0.25, 0.3) is 5.92 Å².